The molecule has 31 heavy (non-hydrogen) atoms. The fourth-order valence-electron chi connectivity index (χ4n) is 3.98. The Bertz CT molecular complexity index is 1090. The van der Waals surface area contributed by atoms with Gasteiger partial charge in [0.05, 0.1) is 23.7 Å². The second-order valence-electron chi connectivity index (χ2n) is 7.90. The number of imidazole rings is 1. The third kappa shape index (κ3) is 5.77. The Morgan fingerprint density at radius 2 is 1.87 bits per heavy atom. The Morgan fingerprint density at radius 1 is 1.10 bits per heavy atom. The molecule has 4 nitrogen and oxygen atoms in total. The van der Waals surface area contributed by atoms with Gasteiger partial charge in [0.1, 0.15) is 0 Å². The van der Waals surface area contributed by atoms with Gasteiger partial charge in [0.25, 0.3) is 0 Å². The van der Waals surface area contributed by atoms with Crippen molar-refractivity contribution < 1.29 is 0 Å². The lowest BCUT2D eigenvalue weighted by molar-refractivity contribution is 0.525. The monoisotopic (exact) mass is 450 g/mol. The van der Waals surface area contributed by atoms with Crippen molar-refractivity contribution in [3.8, 4) is 6.07 Å². The first kappa shape index (κ1) is 21.6. The third-order valence-electron chi connectivity index (χ3n) is 5.63. The number of aromatic nitrogens is 2. The maximum atomic E-state index is 8.97. The van der Waals surface area contributed by atoms with Gasteiger partial charge in [-0.2, -0.15) is 5.26 Å². The summed E-state index contributed by atoms with van der Waals surface area (Å²) in [7, 11) is 0. The van der Waals surface area contributed by atoms with Gasteiger partial charge < -0.3 is 9.88 Å². The first-order chi connectivity index (χ1) is 15.1. The van der Waals surface area contributed by atoms with E-state index in [2.05, 4.69) is 27.0 Å². The zero-order chi connectivity index (χ0) is 21.6. The molecule has 0 radical (unpaired) electrons. The van der Waals surface area contributed by atoms with Crippen LogP contribution in [0.1, 0.15) is 48.1 Å². The van der Waals surface area contributed by atoms with Gasteiger partial charge in [-0.1, -0.05) is 47.8 Å². The van der Waals surface area contributed by atoms with E-state index >= 15 is 0 Å². The molecule has 0 spiro atoms. The van der Waals surface area contributed by atoms with Crippen molar-refractivity contribution >= 4 is 28.8 Å². The van der Waals surface area contributed by atoms with Crippen LogP contribution in [0.3, 0.4) is 0 Å². The highest BCUT2D eigenvalue weighted by Crippen LogP contribution is 2.30. The second kappa shape index (κ2) is 10.2. The molecule has 6 heteroatoms. The van der Waals surface area contributed by atoms with Crippen LogP contribution in [0.5, 0.6) is 0 Å². The molecule has 0 fully saturated rings. The van der Waals surface area contributed by atoms with Gasteiger partial charge in [-0.05, 0) is 66.3 Å². The van der Waals surface area contributed by atoms with Crippen LogP contribution in [0.25, 0.3) is 5.57 Å². The summed E-state index contributed by atoms with van der Waals surface area (Å²) in [5, 5.41) is 14.0. The minimum absolute atomic E-state index is 0.286. The van der Waals surface area contributed by atoms with Gasteiger partial charge in [0.2, 0.25) is 0 Å². The van der Waals surface area contributed by atoms with Crippen LogP contribution in [0.15, 0.2) is 61.1 Å². The van der Waals surface area contributed by atoms with Crippen LogP contribution >= 0.6 is 23.2 Å². The molecule has 3 aromatic rings. The summed E-state index contributed by atoms with van der Waals surface area (Å²) in [6.07, 6.45) is 10.6. The largest absolute Gasteiger partial charge is 0.329 e. The Labute approximate surface area is 193 Å². The molecule has 0 aliphatic heterocycles. The average Bonchev–Trinajstić information content (AvgIpc) is 3.06. The molecular weight excluding hydrogens is 427 g/mol. The van der Waals surface area contributed by atoms with E-state index in [1.165, 1.54) is 12.0 Å². The summed E-state index contributed by atoms with van der Waals surface area (Å²) in [6, 6.07) is 15.9. The van der Waals surface area contributed by atoms with Crippen molar-refractivity contribution in [3.63, 3.8) is 0 Å². The summed E-state index contributed by atoms with van der Waals surface area (Å²) in [5.74, 6) is 0. The number of nitrogens with one attached hydrogen (secondary N) is 1. The molecule has 0 amide bonds. The Morgan fingerprint density at radius 3 is 2.61 bits per heavy atom. The average molecular weight is 451 g/mol. The Balaban J connectivity index is 1.45. The normalized spacial score (nSPS) is 16.4. The molecule has 158 valence electrons. The molecule has 1 unspecified atom stereocenters. The molecule has 0 bridgehead atoms. The molecule has 1 N–H and O–H groups in total. The fourth-order valence-corrected chi connectivity index (χ4v) is 4.51. The van der Waals surface area contributed by atoms with E-state index < -0.39 is 0 Å². The predicted molar refractivity (Wildman–Crippen MR) is 126 cm³/mol. The number of halogens is 2. The minimum atomic E-state index is 0.286. The third-order valence-corrected chi connectivity index (χ3v) is 6.06. The summed E-state index contributed by atoms with van der Waals surface area (Å²) in [5.41, 5.74) is 5.36. The van der Waals surface area contributed by atoms with E-state index in [0.717, 1.165) is 49.2 Å². The van der Waals surface area contributed by atoms with Crippen molar-refractivity contribution in [1.29, 1.82) is 5.26 Å². The molecule has 0 saturated heterocycles. The Kier molecular flexibility index (Phi) is 7.09. The highest BCUT2D eigenvalue weighted by molar-refractivity contribution is 6.34. The summed E-state index contributed by atoms with van der Waals surface area (Å²) >= 11 is 12.4. The lowest BCUT2D eigenvalue weighted by atomic mass is 10.0. The number of hydrogen-bond acceptors (Lipinski definition) is 3. The number of hydrogen-bond donors (Lipinski definition) is 1. The first-order valence-corrected chi connectivity index (χ1v) is 11.2. The maximum Gasteiger partial charge on any atom is 0.0991 e. The zero-order valence-electron chi connectivity index (χ0n) is 17.2. The number of nitrogens with zero attached hydrogens (tertiary/aromatic N) is 3. The minimum Gasteiger partial charge on any atom is -0.329 e. The van der Waals surface area contributed by atoms with Crippen molar-refractivity contribution in [1.82, 2.24) is 14.9 Å². The van der Waals surface area contributed by atoms with E-state index in [1.54, 1.807) is 6.07 Å². The van der Waals surface area contributed by atoms with Crippen LogP contribution in [0.2, 0.25) is 10.0 Å². The molecular formula is C25H24Cl2N4. The van der Waals surface area contributed by atoms with Gasteiger partial charge in [-0.3, -0.25) is 0 Å². The highest BCUT2D eigenvalue weighted by atomic mass is 35.5. The molecule has 1 atom stereocenters. The van der Waals surface area contributed by atoms with Crippen LogP contribution in [0, 0.1) is 11.3 Å². The van der Waals surface area contributed by atoms with E-state index in [0.29, 0.717) is 15.6 Å². The number of rotatable bonds is 6. The maximum absolute atomic E-state index is 8.97. The van der Waals surface area contributed by atoms with Crippen LogP contribution in [-0.4, -0.2) is 15.6 Å². The lowest BCUT2D eigenvalue weighted by Gasteiger charge is -2.16. The first-order valence-electron chi connectivity index (χ1n) is 10.5. The van der Waals surface area contributed by atoms with Crippen molar-refractivity contribution in [2.75, 3.05) is 0 Å². The standard InChI is InChI=1S/C25H24Cl2N4/c26-22-9-21(10-23(27)12-22)20-3-1-2-4-24(11-20)30-15-25-14-29-17-31(25)16-19-7-5-18(13-28)6-8-19/h5-12,14,17,24,30H,1-4,15-16H2. The number of benzene rings is 2. The molecule has 1 heterocycles. The highest BCUT2D eigenvalue weighted by Gasteiger charge is 2.15. The van der Waals surface area contributed by atoms with Gasteiger partial charge in [0.15, 0.2) is 0 Å². The van der Waals surface area contributed by atoms with E-state index in [1.807, 2.05) is 48.9 Å². The van der Waals surface area contributed by atoms with Gasteiger partial charge in [-0.25, -0.2) is 4.98 Å². The topological polar surface area (TPSA) is 53.6 Å². The van der Waals surface area contributed by atoms with Crippen molar-refractivity contribution in [2.45, 2.75) is 44.8 Å². The quantitative estimate of drug-likeness (QED) is 0.484. The van der Waals surface area contributed by atoms with Gasteiger partial charge >= 0.3 is 0 Å². The molecule has 1 aliphatic carbocycles. The molecule has 0 saturated carbocycles. The molecule has 2 aromatic carbocycles. The van der Waals surface area contributed by atoms with Crippen LogP contribution in [-0.2, 0) is 13.1 Å². The van der Waals surface area contributed by atoms with Crippen LogP contribution < -0.4 is 5.32 Å². The van der Waals surface area contributed by atoms with Crippen molar-refractivity contribution in [3.05, 3.63) is 93.5 Å². The number of nitriles is 1. The van der Waals surface area contributed by atoms with E-state index in [-0.39, 0.29) is 6.04 Å². The Hall–Kier alpha value is -2.58. The summed E-state index contributed by atoms with van der Waals surface area (Å²) < 4.78 is 2.15. The van der Waals surface area contributed by atoms with E-state index in [9.17, 15) is 0 Å². The van der Waals surface area contributed by atoms with Crippen LogP contribution in [0.4, 0.5) is 0 Å². The fraction of sp³-hybridized carbons (Fsp3) is 0.280. The zero-order valence-corrected chi connectivity index (χ0v) is 18.7. The van der Waals surface area contributed by atoms with Crippen molar-refractivity contribution in [2.24, 2.45) is 0 Å². The molecule has 4 rings (SSSR count). The predicted octanol–water partition coefficient (Wildman–Crippen LogP) is 6.23. The lowest BCUT2D eigenvalue weighted by Crippen LogP contribution is -2.27. The van der Waals surface area contributed by atoms with Gasteiger partial charge in [-0.15, -0.1) is 0 Å². The second-order valence-corrected chi connectivity index (χ2v) is 8.78. The molecule has 1 aliphatic rings. The smallest absolute Gasteiger partial charge is 0.0991 e. The SMILES string of the molecule is N#Cc1ccc(Cn2cncc2CNC2C=C(c3cc(Cl)cc(Cl)c3)CCCC2)cc1. The summed E-state index contributed by atoms with van der Waals surface area (Å²) in [6.45, 7) is 1.47. The summed E-state index contributed by atoms with van der Waals surface area (Å²) in [4.78, 5) is 4.34. The van der Waals surface area contributed by atoms with E-state index in [4.69, 9.17) is 28.5 Å². The van der Waals surface area contributed by atoms with Gasteiger partial charge in [0, 0.05) is 35.4 Å². The molecule has 1 aromatic heterocycles. The number of allylic oxidation sites excluding steroid dienone is 1.